The summed E-state index contributed by atoms with van der Waals surface area (Å²) in [6, 6.07) is 12.2. The summed E-state index contributed by atoms with van der Waals surface area (Å²) in [5, 5.41) is 4.24. The number of benzene rings is 2. The van der Waals surface area contributed by atoms with Gasteiger partial charge in [0, 0.05) is 24.6 Å². The molecular weight excluding hydrogens is 470 g/mol. The Hall–Kier alpha value is -2.51. The third kappa shape index (κ3) is 5.28. The van der Waals surface area contributed by atoms with Crippen molar-refractivity contribution < 1.29 is 12.9 Å². The van der Waals surface area contributed by atoms with Crippen LogP contribution in [0.15, 0.2) is 45.8 Å². The van der Waals surface area contributed by atoms with Crippen molar-refractivity contribution in [1.82, 2.24) is 14.4 Å². The van der Waals surface area contributed by atoms with Gasteiger partial charge in [0.2, 0.25) is 10.0 Å². The number of hydrogen-bond acceptors (Lipinski definition) is 5. The van der Waals surface area contributed by atoms with Gasteiger partial charge in [-0.1, -0.05) is 76.5 Å². The standard InChI is InChI=1S/C29H39N3O3S/c1-18(2)24-15-25(19(3)4)27(26(16-24)20(5)6)36(33,34)32-14-8-9-23(17-32)28-30-29(35-31-28)22-12-10-21(7)11-13-22/h10-13,15-16,18-20,23H,8-9,14,17H2,1-7H3. The van der Waals surface area contributed by atoms with E-state index in [1.165, 1.54) is 5.56 Å². The highest BCUT2D eigenvalue weighted by Gasteiger charge is 2.36. The Labute approximate surface area is 216 Å². The van der Waals surface area contributed by atoms with Gasteiger partial charge in [0.1, 0.15) is 0 Å². The van der Waals surface area contributed by atoms with E-state index in [-0.39, 0.29) is 17.8 Å². The Morgan fingerprint density at radius 3 is 2.11 bits per heavy atom. The maximum atomic E-state index is 14.2. The van der Waals surface area contributed by atoms with Gasteiger partial charge in [0.25, 0.3) is 5.89 Å². The lowest BCUT2D eigenvalue weighted by Crippen LogP contribution is -2.40. The summed E-state index contributed by atoms with van der Waals surface area (Å²) in [5.74, 6) is 1.47. The van der Waals surface area contributed by atoms with Crippen LogP contribution in [0.25, 0.3) is 11.5 Å². The van der Waals surface area contributed by atoms with Crippen LogP contribution in [0.4, 0.5) is 0 Å². The van der Waals surface area contributed by atoms with Gasteiger partial charge in [-0.15, -0.1) is 0 Å². The zero-order valence-corrected chi connectivity index (χ0v) is 23.4. The van der Waals surface area contributed by atoms with Crippen molar-refractivity contribution in [2.45, 2.75) is 89.9 Å². The quantitative estimate of drug-likeness (QED) is 0.343. The van der Waals surface area contributed by atoms with E-state index in [2.05, 4.69) is 63.8 Å². The van der Waals surface area contributed by atoms with Gasteiger partial charge in [0.05, 0.1) is 4.90 Å². The zero-order valence-electron chi connectivity index (χ0n) is 22.6. The minimum atomic E-state index is -3.70. The van der Waals surface area contributed by atoms with Crippen LogP contribution in [0.3, 0.4) is 0 Å². The maximum Gasteiger partial charge on any atom is 0.257 e. The summed E-state index contributed by atoms with van der Waals surface area (Å²) in [5.41, 5.74) is 5.04. The average molecular weight is 510 g/mol. The van der Waals surface area contributed by atoms with E-state index < -0.39 is 10.0 Å². The molecule has 0 radical (unpaired) electrons. The molecule has 1 aromatic heterocycles. The molecule has 3 aromatic rings. The highest BCUT2D eigenvalue weighted by molar-refractivity contribution is 7.89. The number of sulfonamides is 1. The molecule has 36 heavy (non-hydrogen) atoms. The molecule has 0 N–H and O–H groups in total. The topological polar surface area (TPSA) is 76.3 Å². The molecular formula is C29H39N3O3S. The summed E-state index contributed by atoms with van der Waals surface area (Å²) < 4.78 is 35.6. The van der Waals surface area contributed by atoms with Crippen molar-refractivity contribution in [3.63, 3.8) is 0 Å². The first kappa shape index (κ1) is 26.6. The highest BCUT2D eigenvalue weighted by Crippen LogP contribution is 2.38. The third-order valence-corrected chi connectivity index (χ3v) is 9.17. The van der Waals surface area contributed by atoms with Crippen LogP contribution in [0, 0.1) is 6.92 Å². The third-order valence-electron chi connectivity index (χ3n) is 7.17. The van der Waals surface area contributed by atoms with Gasteiger partial charge in [0.15, 0.2) is 5.82 Å². The predicted molar refractivity (Wildman–Crippen MR) is 144 cm³/mol. The molecule has 1 aliphatic heterocycles. The molecule has 0 spiro atoms. The summed E-state index contributed by atoms with van der Waals surface area (Å²) in [7, 11) is -3.70. The molecule has 2 aromatic carbocycles. The van der Waals surface area contributed by atoms with E-state index in [1.54, 1.807) is 4.31 Å². The van der Waals surface area contributed by atoms with E-state index in [9.17, 15) is 8.42 Å². The van der Waals surface area contributed by atoms with Crippen LogP contribution >= 0.6 is 0 Å². The number of rotatable bonds is 7. The second kappa shape index (κ2) is 10.5. The fourth-order valence-corrected chi connectivity index (χ4v) is 7.09. The lowest BCUT2D eigenvalue weighted by atomic mass is 9.89. The molecule has 1 aliphatic rings. The molecule has 7 heteroatoms. The molecule has 0 bridgehead atoms. The van der Waals surface area contributed by atoms with Crippen LogP contribution in [-0.2, 0) is 10.0 Å². The van der Waals surface area contributed by atoms with Crippen molar-refractivity contribution in [3.8, 4) is 11.5 Å². The zero-order chi connectivity index (χ0) is 26.2. The van der Waals surface area contributed by atoms with Crippen molar-refractivity contribution in [2.75, 3.05) is 13.1 Å². The van der Waals surface area contributed by atoms with Gasteiger partial charge in [-0.3, -0.25) is 0 Å². The Bertz CT molecular complexity index is 1280. The largest absolute Gasteiger partial charge is 0.334 e. The second-order valence-corrected chi connectivity index (χ2v) is 12.9. The first-order valence-electron chi connectivity index (χ1n) is 13.1. The van der Waals surface area contributed by atoms with Crippen LogP contribution in [-0.4, -0.2) is 36.0 Å². The van der Waals surface area contributed by atoms with Crippen molar-refractivity contribution in [2.24, 2.45) is 0 Å². The minimum Gasteiger partial charge on any atom is -0.334 e. The lowest BCUT2D eigenvalue weighted by molar-refractivity contribution is 0.302. The number of aromatic nitrogens is 2. The molecule has 4 rings (SSSR count). The maximum absolute atomic E-state index is 14.2. The number of nitrogens with zero attached hydrogens (tertiary/aromatic N) is 3. The molecule has 1 unspecified atom stereocenters. The fourth-order valence-electron chi connectivity index (χ4n) is 4.90. The van der Waals surface area contributed by atoms with Crippen molar-refractivity contribution in [1.29, 1.82) is 0 Å². The van der Waals surface area contributed by atoms with E-state index in [0.29, 0.717) is 35.6 Å². The molecule has 0 saturated carbocycles. The van der Waals surface area contributed by atoms with Crippen LogP contribution in [0.5, 0.6) is 0 Å². The fraction of sp³-hybridized carbons (Fsp3) is 0.517. The molecule has 0 amide bonds. The van der Waals surface area contributed by atoms with Crippen molar-refractivity contribution >= 4 is 10.0 Å². The normalized spacial score (nSPS) is 17.4. The molecule has 1 saturated heterocycles. The van der Waals surface area contributed by atoms with Gasteiger partial charge < -0.3 is 4.52 Å². The Balaban J connectivity index is 1.68. The molecule has 1 atom stereocenters. The van der Waals surface area contributed by atoms with Gasteiger partial charge in [-0.2, -0.15) is 9.29 Å². The van der Waals surface area contributed by atoms with E-state index in [0.717, 1.165) is 35.1 Å². The van der Waals surface area contributed by atoms with E-state index in [1.807, 2.05) is 31.2 Å². The van der Waals surface area contributed by atoms with Gasteiger partial charge in [-0.25, -0.2) is 8.42 Å². The summed E-state index contributed by atoms with van der Waals surface area (Å²) in [6.07, 6.45) is 1.59. The van der Waals surface area contributed by atoms with Gasteiger partial charge >= 0.3 is 0 Å². The molecule has 0 aliphatic carbocycles. The van der Waals surface area contributed by atoms with E-state index in [4.69, 9.17) is 4.52 Å². The number of hydrogen-bond donors (Lipinski definition) is 0. The van der Waals surface area contributed by atoms with Crippen LogP contribution in [0.1, 0.15) is 106 Å². The SMILES string of the molecule is Cc1ccc(-c2nc(C3CCCN(S(=O)(=O)c4c(C(C)C)cc(C(C)C)cc4C(C)C)C3)no2)cc1. The predicted octanol–water partition coefficient (Wildman–Crippen LogP) is 6.98. The molecule has 6 nitrogen and oxygen atoms in total. The van der Waals surface area contributed by atoms with E-state index >= 15 is 0 Å². The van der Waals surface area contributed by atoms with Crippen LogP contribution < -0.4 is 0 Å². The summed E-state index contributed by atoms with van der Waals surface area (Å²) in [4.78, 5) is 5.14. The number of piperidine rings is 1. The summed E-state index contributed by atoms with van der Waals surface area (Å²) in [6.45, 7) is 15.5. The minimum absolute atomic E-state index is 0.0980. The monoisotopic (exact) mass is 509 g/mol. The Kier molecular flexibility index (Phi) is 7.72. The lowest BCUT2D eigenvalue weighted by Gasteiger charge is -2.33. The highest BCUT2D eigenvalue weighted by atomic mass is 32.2. The first-order valence-corrected chi connectivity index (χ1v) is 14.5. The first-order chi connectivity index (χ1) is 17.0. The van der Waals surface area contributed by atoms with Crippen LogP contribution in [0.2, 0.25) is 0 Å². The number of aryl methyl sites for hydroxylation is 1. The summed E-state index contributed by atoms with van der Waals surface area (Å²) >= 11 is 0. The smallest absolute Gasteiger partial charge is 0.257 e. The molecule has 2 heterocycles. The second-order valence-electron chi connectivity index (χ2n) is 11.0. The Morgan fingerprint density at radius 1 is 0.944 bits per heavy atom. The molecule has 194 valence electrons. The van der Waals surface area contributed by atoms with Gasteiger partial charge in [-0.05, 0) is 66.3 Å². The van der Waals surface area contributed by atoms with Crippen molar-refractivity contribution in [3.05, 3.63) is 64.5 Å². The molecule has 1 fully saturated rings. The Morgan fingerprint density at radius 2 is 1.56 bits per heavy atom. The average Bonchev–Trinajstić information content (AvgIpc) is 3.34.